The van der Waals surface area contributed by atoms with Crippen molar-refractivity contribution in [3.63, 3.8) is 0 Å². The molecule has 5 nitrogen and oxygen atoms in total. The smallest absolute Gasteiger partial charge is 0.426 e. The maximum absolute atomic E-state index is 12.6. The molecule has 0 saturated carbocycles. The van der Waals surface area contributed by atoms with E-state index in [-0.39, 0.29) is 12.8 Å². The van der Waals surface area contributed by atoms with Gasteiger partial charge in [0, 0.05) is 6.42 Å². The fourth-order valence-corrected chi connectivity index (χ4v) is 2.56. The summed E-state index contributed by atoms with van der Waals surface area (Å²) in [5.74, 6) is -2.57. The highest BCUT2D eigenvalue weighted by Crippen LogP contribution is 2.24. The van der Waals surface area contributed by atoms with Crippen molar-refractivity contribution in [2.24, 2.45) is 0 Å². The Kier molecular flexibility index (Phi) is 6.79. The van der Waals surface area contributed by atoms with E-state index in [4.69, 9.17) is 4.55 Å². The van der Waals surface area contributed by atoms with E-state index in [1.807, 2.05) is 26.0 Å². The number of alkyl halides is 3. The summed E-state index contributed by atoms with van der Waals surface area (Å²) in [5.41, 5.74) is 1.83. The van der Waals surface area contributed by atoms with Crippen LogP contribution in [0.2, 0.25) is 0 Å². The van der Waals surface area contributed by atoms with E-state index >= 15 is 0 Å². The minimum Gasteiger partial charge on any atom is -0.451 e. The van der Waals surface area contributed by atoms with Gasteiger partial charge < -0.3 is 4.74 Å². The molecule has 1 atom stereocenters. The number of ether oxygens (including phenoxy) is 1. The molecule has 0 saturated heterocycles. The number of carbonyl (C=O) groups is 1. The Labute approximate surface area is 138 Å². The molecule has 1 unspecified atom stereocenters. The normalized spacial score (nSPS) is 13.8. The summed E-state index contributed by atoms with van der Waals surface area (Å²) in [7, 11) is -4.93. The highest BCUT2D eigenvalue weighted by molar-refractivity contribution is 7.85. The monoisotopic (exact) mass is 368 g/mol. The third-order valence-electron chi connectivity index (χ3n) is 3.26. The van der Waals surface area contributed by atoms with Crippen LogP contribution in [0.3, 0.4) is 0 Å². The lowest BCUT2D eigenvalue weighted by Crippen LogP contribution is -2.39. The van der Waals surface area contributed by atoms with Gasteiger partial charge in [0.05, 0.1) is 0 Å². The number of hydrogen-bond donors (Lipinski definition) is 1. The van der Waals surface area contributed by atoms with Crippen LogP contribution in [0, 0.1) is 0 Å². The van der Waals surface area contributed by atoms with Crippen molar-refractivity contribution in [1.29, 1.82) is 0 Å². The van der Waals surface area contributed by atoms with Gasteiger partial charge in [0.1, 0.15) is 5.75 Å². The first kappa shape index (κ1) is 20.4. The van der Waals surface area contributed by atoms with Crippen LogP contribution in [0.25, 0.3) is 0 Å². The fraction of sp³-hybridized carbons (Fsp3) is 0.533. The molecule has 1 aromatic rings. The Morgan fingerprint density at radius 1 is 1.21 bits per heavy atom. The molecule has 1 N–H and O–H groups in total. The Morgan fingerprint density at radius 2 is 1.75 bits per heavy atom. The van der Waals surface area contributed by atoms with E-state index < -0.39 is 34.1 Å². The van der Waals surface area contributed by atoms with Crippen LogP contribution < -0.4 is 0 Å². The van der Waals surface area contributed by atoms with E-state index in [0.29, 0.717) is 5.92 Å². The van der Waals surface area contributed by atoms with Crippen molar-refractivity contribution in [3.8, 4) is 0 Å². The van der Waals surface area contributed by atoms with E-state index in [9.17, 15) is 26.4 Å². The molecule has 0 fully saturated rings. The van der Waals surface area contributed by atoms with Gasteiger partial charge >= 0.3 is 12.1 Å². The van der Waals surface area contributed by atoms with Crippen LogP contribution in [0.1, 0.15) is 37.3 Å². The lowest BCUT2D eigenvalue weighted by molar-refractivity contribution is -0.215. The molecule has 24 heavy (non-hydrogen) atoms. The predicted molar refractivity (Wildman–Crippen MR) is 81.2 cm³/mol. The first-order chi connectivity index (χ1) is 10.9. The van der Waals surface area contributed by atoms with E-state index in [1.165, 1.54) is 0 Å². The quantitative estimate of drug-likeness (QED) is 0.591. The fourth-order valence-electron chi connectivity index (χ4n) is 1.92. The Hall–Kier alpha value is -1.61. The first-order valence-corrected chi connectivity index (χ1v) is 8.79. The number of esters is 1. The molecule has 0 aliphatic heterocycles. The van der Waals surface area contributed by atoms with E-state index in [1.54, 1.807) is 12.1 Å². The van der Waals surface area contributed by atoms with Crippen molar-refractivity contribution in [3.05, 3.63) is 35.4 Å². The Morgan fingerprint density at radius 3 is 2.17 bits per heavy atom. The van der Waals surface area contributed by atoms with Crippen LogP contribution in [0.4, 0.5) is 13.2 Å². The van der Waals surface area contributed by atoms with Crippen molar-refractivity contribution < 1.29 is 35.7 Å². The molecule has 0 amide bonds. The minimum atomic E-state index is -5.08. The highest BCUT2D eigenvalue weighted by Gasteiger charge is 2.45. The standard InChI is InChI=1S/C15H19F3O5S/c1-10(2)12-6-3-11(4-7-12)5-8-14(19)23-13(15(16,17)18)9-24(20,21)22/h3-4,6-7,10,13H,5,8-9H2,1-2H3,(H,20,21,22). The molecule has 0 heterocycles. The molecular formula is C15H19F3O5S. The van der Waals surface area contributed by atoms with E-state index in [0.717, 1.165) is 11.1 Å². The van der Waals surface area contributed by atoms with Gasteiger partial charge in [-0.25, -0.2) is 0 Å². The third-order valence-corrected chi connectivity index (χ3v) is 3.99. The summed E-state index contributed by atoms with van der Waals surface area (Å²) in [4.78, 5) is 11.5. The Bertz CT molecular complexity index is 651. The molecular weight excluding hydrogens is 349 g/mol. The lowest BCUT2D eigenvalue weighted by Gasteiger charge is -2.19. The van der Waals surface area contributed by atoms with Crippen molar-refractivity contribution in [2.75, 3.05) is 5.75 Å². The maximum atomic E-state index is 12.6. The molecule has 0 spiro atoms. The van der Waals surface area contributed by atoms with Gasteiger partial charge in [-0.1, -0.05) is 38.1 Å². The van der Waals surface area contributed by atoms with Gasteiger partial charge in [-0.2, -0.15) is 21.6 Å². The molecule has 9 heteroatoms. The summed E-state index contributed by atoms with van der Waals surface area (Å²) in [5, 5.41) is 0. The second-order valence-corrected chi connectivity index (χ2v) is 7.16. The SMILES string of the molecule is CC(C)c1ccc(CCC(=O)OC(CS(=O)(=O)O)C(F)(F)F)cc1. The predicted octanol–water partition coefficient (Wildman–Crippen LogP) is 3.10. The molecule has 1 aromatic carbocycles. The van der Waals surface area contributed by atoms with Crippen LogP contribution in [-0.4, -0.2) is 37.0 Å². The average molecular weight is 368 g/mol. The van der Waals surface area contributed by atoms with Crippen molar-refractivity contribution >= 4 is 16.1 Å². The maximum Gasteiger partial charge on any atom is 0.426 e. The summed E-state index contributed by atoms with van der Waals surface area (Å²) in [6, 6.07) is 7.26. The van der Waals surface area contributed by atoms with Gasteiger partial charge in [0.15, 0.2) is 0 Å². The lowest BCUT2D eigenvalue weighted by atomic mass is 10.0. The number of halogens is 3. The number of benzene rings is 1. The summed E-state index contributed by atoms with van der Waals surface area (Å²) in [6.07, 6.45) is -8.14. The molecule has 136 valence electrons. The first-order valence-electron chi connectivity index (χ1n) is 7.18. The van der Waals surface area contributed by atoms with Gasteiger partial charge in [-0.3, -0.25) is 9.35 Å². The largest absolute Gasteiger partial charge is 0.451 e. The van der Waals surface area contributed by atoms with Gasteiger partial charge in [-0.05, 0) is 23.5 Å². The highest BCUT2D eigenvalue weighted by atomic mass is 32.2. The number of carbonyl (C=O) groups excluding carboxylic acids is 1. The zero-order valence-corrected chi connectivity index (χ0v) is 14.0. The number of rotatable bonds is 7. The van der Waals surface area contributed by atoms with Gasteiger partial charge in [0.2, 0.25) is 6.10 Å². The van der Waals surface area contributed by atoms with Crippen LogP contribution >= 0.6 is 0 Å². The number of aryl methyl sites for hydroxylation is 1. The minimum absolute atomic E-state index is 0.160. The third kappa shape index (κ3) is 7.31. The van der Waals surface area contributed by atoms with Crippen LogP contribution in [-0.2, 0) is 26.1 Å². The average Bonchev–Trinajstić information content (AvgIpc) is 2.42. The summed E-state index contributed by atoms with van der Waals surface area (Å²) < 4.78 is 71.8. The van der Waals surface area contributed by atoms with Gasteiger partial charge in [-0.15, -0.1) is 0 Å². The van der Waals surface area contributed by atoms with Gasteiger partial charge in [0.25, 0.3) is 10.1 Å². The zero-order valence-electron chi connectivity index (χ0n) is 13.2. The summed E-state index contributed by atoms with van der Waals surface area (Å²) >= 11 is 0. The van der Waals surface area contributed by atoms with Crippen LogP contribution in [0.5, 0.6) is 0 Å². The second kappa shape index (κ2) is 7.98. The molecule has 0 aliphatic carbocycles. The second-order valence-electron chi connectivity index (χ2n) is 5.66. The molecule has 1 rings (SSSR count). The molecule has 0 radical (unpaired) electrons. The Balaban J connectivity index is 2.63. The van der Waals surface area contributed by atoms with Crippen molar-refractivity contribution in [1.82, 2.24) is 0 Å². The molecule has 0 aromatic heterocycles. The van der Waals surface area contributed by atoms with E-state index in [2.05, 4.69) is 4.74 Å². The molecule has 0 bridgehead atoms. The molecule has 0 aliphatic rings. The van der Waals surface area contributed by atoms with Crippen LogP contribution in [0.15, 0.2) is 24.3 Å². The topological polar surface area (TPSA) is 80.7 Å². The summed E-state index contributed by atoms with van der Waals surface area (Å²) in [6.45, 7) is 4.03. The van der Waals surface area contributed by atoms with Crippen molar-refractivity contribution in [2.45, 2.75) is 44.9 Å². The number of hydrogen-bond acceptors (Lipinski definition) is 4. The zero-order chi connectivity index (χ0) is 18.5.